The van der Waals surface area contributed by atoms with Gasteiger partial charge in [0.1, 0.15) is 0 Å². The summed E-state index contributed by atoms with van der Waals surface area (Å²) in [5.41, 5.74) is 1.52. The standard InChI is InChI=1S/C14H25N3O/c1-14(2,12-3-5-15-9-12)11-17-6-4-13-10-16-7-8-18-13/h3,5,9,13,15-17H,4,6-8,10-11H2,1-2H3. The highest BCUT2D eigenvalue weighted by atomic mass is 16.5. The minimum Gasteiger partial charge on any atom is -0.376 e. The van der Waals surface area contributed by atoms with Crippen LogP contribution in [0.15, 0.2) is 18.5 Å². The molecule has 1 saturated heterocycles. The summed E-state index contributed by atoms with van der Waals surface area (Å²) in [7, 11) is 0. The van der Waals surface area contributed by atoms with Crippen molar-refractivity contribution in [1.29, 1.82) is 0 Å². The highest BCUT2D eigenvalue weighted by molar-refractivity contribution is 5.20. The van der Waals surface area contributed by atoms with Gasteiger partial charge < -0.3 is 20.4 Å². The fourth-order valence-corrected chi connectivity index (χ4v) is 2.32. The van der Waals surface area contributed by atoms with Crippen LogP contribution in [0.25, 0.3) is 0 Å². The van der Waals surface area contributed by atoms with Crippen LogP contribution in [0.1, 0.15) is 25.8 Å². The second-order valence-electron chi connectivity index (χ2n) is 5.65. The Hall–Kier alpha value is -0.840. The fraction of sp³-hybridized carbons (Fsp3) is 0.714. The van der Waals surface area contributed by atoms with Crippen LogP contribution in [-0.2, 0) is 10.2 Å². The van der Waals surface area contributed by atoms with E-state index in [0.29, 0.717) is 6.10 Å². The maximum Gasteiger partial charge on any atom is 0.0712 e. The molecule has 1 aromatic heterocycles. The molecule has 0 amide bonds. The van der Waals surface area contributed by atoms with Gasteiger partial charge >= 0.3 is 0 Å². The van der Waals surface area contributed by atoms with Gasteiger partial charge in [-0.25, -0.2) is 0 Å². The molecule has 2 heterocycles. The number of H-pyrrole nitrogens is 1. The monoisotopic (exact) mass is 251 g/mol. The molecule has 4 heteroatoms. The van der Waals surface area contributed by atoms with Gasteiger partial charge in [0.05, 0.1) is 12.7 Å². The Morgan fingerprint density at radius 3 is 3.06 bits per heavy atom. The SMILES string of the molecule is CC(C)(CNCCC1CNCCO1)c1cc[nH]c1. The van der Waals surface area contributed by atoms with Crippen molar-refractivity contribution in [3.05, 3.63) is 24.0 Å². The third-order valence-corrected chi connectivity index (χ3v) is 3.59. The van der Waals surface area contributed by atoms with E-state index < -0.39 is 0 Å². The molecule has 1 fully saturated rings. The molecule has 0 spiro atoms. The van der Waals surface area contributed by atoms with Gasteiger partial charge in [0.15, 0.2) is 0 Å². The third-order valence-electron chi connectivity index (χ3n) is 3.59. The van der Waals surface area contributed by atoms with Crippen LogP contribution < -0.4 is 10.6 Å². The molecule has 1 unspecified atom stereocenters. The summed E-state index contributed by atoms with van der Waals surface area (Å²) >= 11 is 0. The van der Waals surface area contributed by atoms with E-state index in [1.54, 1.807) is 0 Å². The summed E-state index contributed by atoms with van der Waals surface area (Å²) in [6.07, 6.45) is 5.52. The topological polar surface area (TPSA) is 49.1 Å². The normalized spacial score (nSPS) is 21.1. The molecule has 0 saturated carbocycles. The van der Waals surface area contributed by atoms with Gasteiger partial charge in [-0.1, -0.05) is 13.8 Å². The molecule has 1 aromatic rings. The summed E-state index contributed by atoms with van der Waals surface area (Å²) < 4.78 is 5.67. The summed E-state index contributed by atoms with van der Waals surface area (Å²) in [6, 6.07) is 2.15. The van der Waals surface area contributed by atoms with Crippen LogP contribution in [0.5, 0.6) is 0 Å². The van der Waals surface area contributed by atoms with Crippen LogP contribution in [-0.4, -0.2) is 43.9 Å². The van der Waals surface area contributed by atoms with Gasteiger partial charge in [-0.3, -0.25) is 0 Å². The minimum atomic E-state index is 0.172. The van der Waals surface area contributed by atoms with Crippen LogP contribution in [0.3, 0.4) is 0 Å². The molecule has 1 atom stereocenters. The molecule has 0 aromatic carbocycles. The molecule has 3 N–H and O–H groups in total. The summed E-state index contributed by atoms with van der Waals surface area (Å²) in [4.78, 5) is 3.12. The van der Waals surface area contributed by atoms with Crippen molar-refractivity contribution < 1.29 is 4.74 Å². The molecule has 102 valence electrons. The lowest BCUT2D eigenvalue weighted by molar-refractivity contribution is 0.0237. The van der Waals surface area contributed by atoms with Crippen LogP contribution in [0.2, 0.25) is 0 Å². The predicted octanol–water partition coefficient (Wildman–Crippen LogP) is 1.26. The molecule has 0 radical (unpaired) electrons. The van der Waals surface area contributed by atoms with Gasteiger partial charge in [0.25, 0.3) is 0 Å². The number of hydrogen-bond acceptors (Lipinski definition) is 3. The molecule has 0 aliphatic carbocycles. The first kappa shape index (κ1) is 13.6. The molecular formula is C14H25N3O. The number of ether oxygens (including phenoxy) is 1. The summed E-state index contributed by atoms with van der Waals surface area (Å²) in [5, 5.41) is 6.90. The lowest BCUT2D eigenvalue weighted by atomic mass is 9.86. The van der Waals surface area contributed by atoms with E-state index in [1.165, 1.54) is 5.56 Å². The van der Waals surface area contributed by atoms with E-state index in [4.69, 9.17) is 4.74 Å². The Labute approximate surface area is 109 Å². The van der Waals surface area contributed by atoms with E-state index in [1.807, 2.05) is 6.20 Å². The van der Waals surface area contributed by atoms with E-state index in [-0.39, 0.29) is 5.41 Å². The van der Waals surface area contributed by atoms with Crippen LogP contribution in [0.4, 0.5) is 0 Å². The highest BCUT2D eigenvalue weighted by Gasteiger charge is 2.20. The smallest absolute Gasteiger partial charge is 0.0712 e. The first-order valence-electron chi connectivity index (χ1n) is 6.85. The number of nitrogens with one attached hydrogen (secondary N) is 3. The Bertz CT molecular complexity index is 329. The van der Waals surface area contributed by atoms with E-state index in [2.05, 4.69) is 41.7 Å². The van der Waals surface area contributed by atoms with Crippen molar-refractivity contribution in [2.45, 2.75) is 31.8 Å². The molecule has 18 heavy (non-hydrogen) atoms. The van der Waals surface area contributed by atoms with Crippen molar-refractivity contribution in [3.8, 4) is 0 Å². The average Bonchev–Trinajstić information content (AvgIpc) is 2.91. The Kier molecular flexibility index (Phi) is 4.80. The zero-order valence-corrected chi connectivity index (χ0v) is 11.5. The van der Waals surface area contributed by atoms with Gasteiger partial charge in [-0.15, -0.1) is 0 Å². The minimum absolute atomic E-state index is 0.172. The summed E-state index contributed by atoms with van der Waals surface area (Å²) in [5.74, 6) is 0. The molecule has 4 nitrogen and oxygen atoms in total. The molecule has 1 aliphatic rings. The average molecular weight is 251 g/mol. The first-order chi connectivity index (χ1) is 8.68. The second kappa shape index (κ2) is 6.36. The third kappa shape index (κ3) is 3.83. The molecule has 2 rings (SSSR count). The van der Waals surface area contributed by atoms with Gasteiger partial charge in [0.2, 0.25) is 0 Å². The zero-order valence-electron chi connectivity index (χ0n) is 11.5. The van der Waals surface area contributed by atoms with Gasteiger partial charge in [-0.05, 0) is 24.6 Å². The largest absolute Gasteiger partial charge is 0.376 e. The number of aromatic nitrogens is 1. The quantitative estimate of drug-likeness (QED) is 0.667. The molecule has 1 aliphatic heterocycles. The highest BCUT2D eigenvalue weighted by Crippen LogP contribution is 2.21. The van der Waals surface area contributed by atoms with E-state index >= 15 is 0 Å². The van der Waals surface area contributed by atoms with Crippen LogP contribution >= 0.6 is 0 Å². The van der Waals surface area contributed by atoms with Crippen molar-refractivity contribution in [3.63, 3.8) is 0 Å². The van der Waals surface area contributed by atoms with Crippen molar-refractivity contribution in [1.82, 2.24) is 15.6 Å². The maximum absolute atomic E-state index is 5.67. The number of hydrogen-bond donors (Lipinski definition) is 3. The predicted molar refractivity (Wildman–Crippen MR) is 73.9 cm³/mol. The van der Waals surface area contributed by atoms with Crippen molar-refractivity contribution in [2.24, 2.45) is 0 Å². The van der Waals surface area contributed by atoms with E-state index in [9.17, 15) is 0 Å². The lowest BCUT2D eigenvalue weighted by Crippen LogP contribution is -2.41. The van der Waals surface area contributed by atoms with Crippen molar-refractivity contribution >= 4 is 0 Å². The number of morpholine rings is 1. The van der Waals surface area contributed by atoms with Crippen molar-refractivity contribution in [2.75, 3.05) is 32.8 Å². The van der Waals surface area contributed by atoms with Crippen LogP contribution in [0, 0.1) is 0 Å². The molecule has 0 bridgehead atoms. The molecular weight excluding hydrogens is 226 g/mol. The Morgan fingerprint density at radius 1 is 1.50 bits per heavy atom. The van der Waals surface area contributed by atoms with E-state index in [0.717, 1.165) is 39.2 Å². The Balaban J connectivity index is 1.65. The Morgan fingerprint density at radius 2 is 2.39 bits per heavy atom. The maximum atomic E-state index is 5.67. The zero-order chi connectivity index (χ0) is 12.8. The number of rotatable bonds is 6. The van der Waals surface area contributed by atoms with Gasteiger partial charge in [-0.2, -0.15) is 0 Å². The lowest BCUT2D eigenvalue weighted by Gasteiger charge is -2.26. The van der Waals surface area contributed by atoms with Gasteiger partial charge in [0, 0.05) is 37.4 Å². The number of aromatic amines is 1. The second-order valence-corrected chi connectivity index (χ2v) is 5.65. The first-order valence-corrected chi connectivity index (χ1v) is 6.85. The summed E-state index contributed by atoms with van der Waals surface area (Å²) in [6.45, 7) is 9.36. The fourth-order valence-electron chi connectivity index (χ4n) is 2.32.